The highest BCUT2D eigenvalue weighted by atomic mass is 14.7. The third-order valence-electron chi connectivity index (χ3n) is 4.87. The van der Waals surface area contributed by atoms with Crippen molar-refractivity contribution in [3.63, 3.8) is 0 Å². The summed E-state index contributed by atoms with van der Waals surface area (Å²) < 4.78 is 0. The number of rotatable bonds is 5. The molecule has 27 heavy (non-hydrogen) atoms. The van der Waals surface area contributed by atoms with Gasteiger partial charge in [0.2, 0.25) is 0 Å². The fraction of sp³-hybridized carbons (Fsp3) is 0.0400. The first-order valence-electron chi connectivity index (χ1n) is 9.08. The molecule has 0 aliphatic heterocycles. The molecule has 0 unspecified atom stereocenters. The van der Waals surface area contributed by atoms with Crippen molar-refractivity contribution in [2.45, 2.75) is 6.92 Å². The molecule has 4 rings (SSSR count). The summed E-state index contributed by atoms with van der Waals surface area (Å²) in [5.74, 6) is 0. The number of aromatic nitrogens is 2. The number of fused-ring (bicyclic) bond motifs is 2. The highest BCUT2D eigenvalue weighted by molar-refractivity contribution is 6.03. The Labute approximate surface area is 159 Å². The molecule has 0 saturated carbocycles. The lowest BCUT2D eigenvalue weighted by molar-refractivity contribution is 1.42. The van der Waals surface area contributed by atoms with Crippen molar-refractivity contribution in [3.05, 3.63) is 90.8 Å². The van der Waals surface area contributed by atoms with Gasteiger partial charge in [-0.3, -0.25) is 0 Å². The molecule has 0 aliphatic rings. The van der Waals surface area contributed by atoms with E-state index in [9.17, 15) is 0 Å². The van der Waals surface area contributed by atoms with Crippen LogP contribution in [0, 0.1) is 0 Å². The quantitative estimate of drug-likeness (QED) is 0.357. The van der Waals surface area contributed by atoms with Gasteiger partial charge in [-0.2, -0.15) is 0 Å². The minimum atomic E-state index is 1.00. The maximum Gasteiger partial charge on any atom is 0.0470 e. The Balaban J connectivity index is 1.99. The van der Waals surface area contributed by atoms with Crippen LogP contribution in [-0.4, -0.2) is 9.97 Å². The summed E-state index contributed by atoms with van der Waals surface area (Å²) in [6.07, 6.45) is 12.0. The van der Waals surface area contributed by atoms with Gasteiger partial charge in [0.15, 0.2) is 0 Å². The molecular weight excluding hydrogens is 328 g/mol. The van der Waals surface area contributed by atoms with E-state index in [0.29, 0.717) is 0 Å². The monoisotopic (exact) mass is 350 g/mol. The van der Waals surface area contributed by atoms with Gasteiger partial charge >= 0.3 is 0 Å². The van der Waals surface area contributed by atoms with E-state index in [1.807, 2.05) is 31.2 Å². The molecule has 2 aromatic heterocycles. The van der Waals surface area contributed by atoms with Crippen molar-refractivity contribution >= 4 is 40.0 Å². The van der Waals surface area contributed by atoms with Gasteiger partial charge in [-0.05, 0) is 42.8 Å². The lowest BCUT2D eigenvalue weighted by Gasteiger charge is -2.04. The van der Waals surface area contributed by atoms with Crippen LogP contribution in [0.15, 0.2) is 73.9 Å². The van der Waals surface area contributed by atoms with Gasteiger partial charge in [0.05, 0.1) is 0 Å². The molecular formula is C25H22N2. The van der Waals surface area contributed by atoms with Crippen molar-refractivity contribution in [2.75, 3.05) is 0 Å². The Morgan fingerprint density at radius 1 is 0.815 bits per heavy atom. The molecule has 2 heterocycles. The molecule has 0 atom stereocenters. The summed E-state index contributed by atoms with van der Waals surface area (Å²) in [6.45, 7) is 9.90. The summed E-state index contributed by atoms with van der Waals surface area (Å²) in [5, 5.41) is 2.38. The number of nitrogens with one attached hydrogen (secondary N) is 2. The molecule has 2 nitrogen and oxygen atoms in total. The van der Waals surface area contributed by atoms with Crippen LogP contribution >= 0.6 is 0 Å². The van der Waals surface area contributed by atoms with Gasteiger partial charge in [-0.1, -0.05) is 61.7 Å². The zero-order chi connectivity index (χ0) is 18.8. The van der Waals surface area contributed by atoms with Crippen LogP contribution in [0.3, 0.4) is 0 Å². The van der Waals surface area contributed by atoms with E-state index < -0.39 is 0 Å². The number of para-hydroxylation sites is 1. The Kier molecular flexibility index (Phi) is 4.39. The van der Waals surface area contributed by atoms with Gasteiger partial charge in [0.25, 0.3) is 0 Å². The highest BCUT2D eigenvalue weighted by Crippen LogP contribution is 2.36. The van der Waals surface area contributed by atoms with E-state index in [-0.39, 0.29) is 0 Å². The number of hydrogen-bond donors (Lipinski definition) is 2. The first-order chi connectivity index (χ1) is 13.3. The molecule has 0 saturated heterocycles. The Morgan fingerprint density at radius 2 is 1.59 bits per heavy atom. The molecule has 0 aliphatic carbocycles. The fourth-order valence-corrected chi connectivity index (χ4v) is 3.63. The van der Waals surface area contributed by atoms with E-state index in [4.69, 9.17) is 0 Å². The summed E-state index contributed by atoms with van der Waals surface area (Å²) >= 11 is 0. The Hall–Kier alpha value is -3.52. The number of hydrogen-bond acceptors (Lipinski definition) is 0. The summed E-state index contributed by atoms with van der Waals surface area (Å²) in [7, 11) is 0. The van der Waals surface area contributed by atoms with Crippen molar-refractivity contribution < 1.29 is 0 Å². The van der Waals surface area contributed by atoms with Crippen LogP contribution in [-0.2, 0) is 0 Å². The molecule has 2 heteroatoms. The zero-order valence-corrected chi connectivity index (χ0v) is 15.4. The molecule has 0 amide bonds. The number of aromatic amines is 2. The van der Waals surface area contributed by atoms with E-state index in [1.165, 1.54) is 16.5 Å². The molecule has 0 radical (unpaired) electrons. The minimum absolute atomic E-state index is 1.00. The topological polar surface area (TPSA) is 31.6 Å². The van der Waals surface area contributed by atoms with Gasteiger partial charge < -0.3 is 9.97 Å². The van der Waals surface area contributed by atoms with Crippen LogP contribution in [0.4, 0.5) is 0 Å². The minimum Gasteiger partial charge on any atom is -0.355 e. The molecule has 0 fully saturated rings. The molecule has 0 spiro atoms. The SMILES string of the molecule is C=Cc1[nH]c2ccc(-c3c(/C=C\C=C/C)[nH]c4ccccc34)cc2c1C=C. The van der Waals surface area contributed by atoms with Crippen molar-refractivity contribution in [2.24, 2.45) is 0 Å². The largest absolute Gasteiger partial charge is 0.355 e. The molecule has 2 aromatic carbocycles. The maximum absolute atomic E-state index is 3.98. The molecule has 0 bridgehead atoms. The smallest absolute Gasteiger partial charge is 0.0470 e. The maximum atomic E-state index is 3.98. The summed E-state index contributed by atoms with van der Waals surface area (Å²) in [4.78, 5) is 6.96. The van der Waals surface area contributed by atoms with Gasteiger partial charge in [0, 0.05) is 44.3 Å². The van der Waals surface area contributed by atoms with Crippen molar-refractivity contribution in [3.8, 4) is 11.1 Å². The lowest BCUT2D eigenvalue weighted by atomic mass is 9.99. The van der Waals surface area contributed by atoms with Crippen LogP contribution < -0.4 is 0 Å². The second kappa shape index (κ2) is 7.00. The standard InChI is InChI=1S/C25H22N2/c1-4-7-8-13-24-25(19-11-9-10-12-22(19)27-24)17-14-15-23-20(16-17)18(5-2)21(6-3)26-23/h4-16,26-27H,2-3H2,1H3/b7-4-,13-8-. The predicted molar refractivity (Wildman–Crippen MR) is 120 cm³/mol. The molecule has 2 N–H and O–H groups in total. The Morgan fingerprint density at radius 3 is 2.37 bits per heavy atom. The first-order valence-corrected chi connectivity index (χ1v) is 9.08. The Bertz CT molecular complexity index is 1210. The summed E-state index contributed by atoms with van der Waals surface area (Å²) in [6, 6.07) is 15.0. The van der Waals surface area contributed by atoms with Crippen LogP contribution in [0.25, 0.3) is 51.2 Å². The van der Waals surface area contributed by atoms with Gasteiger partial charge in [-0.15, -0.1) is 0 Å². The average Bonchev–Trinajstić information content (AvgIpc) is 3.24. The van der Waals surface area contributed by atoms with Crippen molar-refractivity contribution in [1.29, 1.82) is 0 Å². The van der Waals surface area contributed by atoms with Gasteiger partial charge in [-0.25, -0.2) is 0 Å². The van der Waals surface area contributed by atoms with Crippen molar-refractivity contribution in [1.82, 2.24) is 9.97 Å². The predicted octanol–water partition coefficient (Wildman–Crippen LogP) is 7.19. The second-order valence-corrected chi connectivity index (χ2v) is 6.47. The van der Waals surface area contributed by atoms with E-state index in [0.717, 1.165) is 33.4 Å². The first kappa shape index (κ1) is 16.9. The second-order valence-electron chi connectivity index (χ2n) is 6.47. The average molecular weight is 350 g/mol. The fourth-order valence-electron chi connectivity index (χ4n) is 3.63. The van der Waals surface area contributed by atoms with Crippen LogP contribution in [0.2, 0.25) is 0 Å². The van der Waals surface area contributed by atoms with Gasteiger partial charge in [0.1, 0.15) is 0 Å². The normalized spacial score (nSPS) is 11.9. The molecule has 132 valence electrons. The zero-order valence-electron chi connectivity index (χ0n) is 15.4. The van der Waals surface area contributed by atoms with E-state index in [2.05, 4.69) is 77.7 Å². The number of H-pyrrole nitrogens is 2. The van der Waals surface area contributed by atoms with Crippen LogP contribution in [0.1, 0.15) is 23.9 Å². The third-order valence-corrected chi connectivity index (χ3v) is 4.87. The van der Waals surface area contributed by atoms with E-state index >= 15 is 0 Å². The van der Waals surface area contributed by atoms with Crippen LogP contribution in [0.5, 0.6) is 0 Å². The lowest BCUT2D eigenvalue weighted by Crippen LogP contribution is -1.81. The molecule has 4 aromatic rings. The number of benzene rings is 2. The third kappa shape index (κ3) is 2.85. The number of allylic oxidation sites excluding steroid dienone is 3. The van der Waals surface area contributed by atoms with E-state index in [1.54, 1.807) is 0 Å². The summed E-state index contributed by atoms with van der Waals surface area (Å²) in [5.41, 5.74) is 7.82. The highest BCUT2D eigenvalue weighted by Gasteiger charge is 2.14.